The molecule has 1 aliphatic rings. The minimum absolute atomic E-state index is 0.113. The molecule has 5 nitrogen and oxygen atoms in total. The van der Waals surface area contributed by atoms with Crippen LogP contribution < -0.4 is 5.73 Å². The van der Waals surface area contributed by atoms with Gasteiger partial charge >= 0.3 is 0 Å². The lowest BCUT2D eigenvalue weighted by Gasteiger charge is -2.34. The summed E-state index contributed by atoms with van der Waals surface area (Å²) >= 11 is 0. The van der Waals surface area contributed by atoms with E-state index in [0.717, 1.165) is 12.1 Å². The van der Waals surface area contributed by atoms with E-state index in [0.29, 0.717) is 19.5 Å². The fourth-order valence-corrected chi connectivity index (χ4v) is 3.86. The SMILES string of the molecule is CC1CN(S(=O)(=O)CCc2ccccn2)CCC1N. The van der Waals surface area contributed by atoms with Crippen molar-refractivity contribution in [1.82, 2.24) is 9.29 Å². The molecule has 1 aliphatic heterocycles. The van der Waals surface area contributed by atoms with E-state index < -0.39 is 10.0 Å². The maximum atomic E-state index is 12.3. The summed E-state index contributed by atoms with van der Waals surface area (Å²) in [4.78, 5) is 4.15. The highest BCUT2D eigenvalue weighted by molar-refractivity contribution is 7.89. The molecule has 106 valence electrons. The van der Waals surface area contributed by atoms with Gasteiger partial charge in [-0.25, -0.2) is 12.7 Å². The number of nitrogens with zero attached hydrogens (tertiary/aromatic N) is 2. The molecule has 0 spiro atoms. The van der Waals surface area contributed by atoms with Gasteiger partial charge in [0.15, 0.2) is 0 Å². The lowest BCUT2D eigenvalue weighted by Crippen LogP contribution is -2.48. The predicted octanol–water partition coefficient (Wildman–Crippen LogP) is 0.623. The molecule has 0 amide bonds. The van der Waals surface area contributed by atoms with Gasteiger partial charge in [0.05, 0.1) is 5.75 Å². The number of piperidine rings is 1. The molecule has 19 heavy (non-hydrogen) atoms. The Kier molecular flexibility index (Phi) is 4.54. The van der Waals surface area contributed by atoms with Crippen molar-refractivity contribution in [3.05, 3.63) is 30.1 Å². The second-order valence-electron chi connectivity index (χ2n) is 5.17. The van der Waals surface area contributed by atoms with Crippen LogP contribution in [0.5, 0.6) is 0 Å². The zero-order valence-corrected chi connectivity index (χ0v) is 12.0. The van der Waals surface area contributed by atoms with E-state index in [9.17, 15) is 8.42 Å². The molecule has 1 saturated heterocycles. The normalized spacial score (nSPS) is 25.4. The van der Waals surface area contributed by atoms with Crippen LogP contribution in [0.15, 0.2) is 24.4 Å². The summed E-state index contributed by atoms with van der Waals surface area (Å²) in [6.07, 6.45) is 2.88. The Bertz CT molecular complexity index is 504. The predicted molar refractivity (Wildman–Crippen MR) is 75.1 cm³/mol. The summed E-state index contributed by atoms with van der Waals surface area (Å²) in [5, 5.41) is 0. The van der Waals surface area contributed by atoms with Gasteiger partial charge in [-0.3, -0.25) is 4.98 Å². The van der Waals surface area contributed by atoms with E-state index in [2.05, 4.69) is 4.98 Å². The average molecular weight is 283 g/mol. The van der Waals surface area contributed by atoms with Crippen LogP contribution in [0.2, 0.25) is 0 Å². The molecule has 0 saturated carbocycles. The zero-order valence-electron chi connectivity index (χ0n) is 11.2. The first kappa shape index (κ1) is 14.4. The summed E-state index contributed by atoms with van der Waals surface area (Å²) in [6.45, 7) is 3.08. The van der Waals surface area contributed by atoms with Gasteiger partial charge in [0.2, 0.25) is 10.0 Å². The quantitative estimate of drug-likeness (QED) is 0.879. The number of rotatable bonds is 4. The molecule has 0 aromatic carbocycles. The summed E-state index contributed by atoms with van der Waals surface area (Å²) in [5.41, 5.74) is 6.73. The third-order valence-electron chi connectivity index (χ3n) is 3.67. The van der Waals surface area contributed by atoms with Crippen molar-refractivity contribution in [1.29, 1.82) is 0 Å². The van der Waals surface area contributed by atoms with Gasteiger partial charge < -0.3 is 5.73 Å². The van der Waals surface area contributed by atoms with Gasteiger partial charge in [0.25, 0.3) is 0 Å². The van der Waals surface area contributed by atoms with Crippen molar-refractivity contribution < 1.29 is 8.42 Å². The number of aryl methyl sites for hydroxylation is 1. The molecule has 0 aliphatic carbocycles. The minimum atomic E-state index is -3.20. The Morgan fingerprint density at radius 1 is 1.47 bits per heavy atom. The van der Waals surface area contributed by atoms with Gasteiger partial charge in [-0.05, 0) is 24.5 Å². The van der Waals surface area contributed by atoms with E-state index in [-0.39, 0.29) is 17.7 Å². The number of hydrogen-bond donors (Lipinski definition) is 1. The van der Waals surface area contributed by atoms with Gasteiger partial charge in [-0.1, -0.05) is 13.0 Å². The van der Waals surface area contributed by atoms with Crippen LogP contribution in [0.4, 0.5) is 0 Å². The Morgan fingerprint density at radius 3 is 2.89 bits per heavy atom. The maximum absolute atomic E-state index is 12.3. The van der Waals surface area contributed by atoms with Crippen molar-refractivity contribution in [3.8, 4) is 0 Å². The number of sulfonamides is 1. The van der Waals surface area contributed by atoms with Crippen molar-refractivity contribution in [2.45, 2.75) is 25.8 Å². The van der Waals surface area contributed by atoms with E-state index >= 15 is 0 Å². The highest BCUT2D eigenvalue weighted by Crippen LogP contribution is 2.18. The van der Waals surface area contributed by atoms with Crippen LogP contribution in [0.1, 0.15) is 19.0 Å². The minimum Gasteiger partial charge on any atom is -0.327 e. The van der Waals surface area contributed by atoms with E-state index in [1.165, 1.54) is 0 Å². The topological polar surface area (TPSA) is 76.3 Å². The Labute approximate surface area is 114 Å². The van der Waals surface area contributed by atoms with Crippen LogP contribution >= 0.6 is 0 Å². The number of aromatic nitrogens is 1. The average Bonchev–Trinajstić information content (AvgIpc) is 2.41. The van der Waals surface area contributed by atoms with Crippen LogP contribution in [0.3, 0.4) is 0 Å². The molecule has 2 atom stereocenters. The van der Waals surface area contributed by atoms with Gasteiger partial charge in [0, 0.05) is 37.4 Å². The van der Waals surface area contributed by atoms with Crippen LogP contribution in [-0.4, -0.2) is 42.6 Å². The molecular formula is C13H21N3O2S. The summed E-state index contributed by atoms with van der Waals surface area (Å²) in [7, 11) is -3.20. The molecule has 1 aromatic heterocycles. The monoisotopic (exact) mass is 283 g/mol. The molecule has 6 heteroatoms. The number of pyridine rings is 1. The van der Waals surface area contributed by atoms with Crippen molar-refractivity contribution in [2.75, 3.05) is 18.8 Å². The standard InChI is InChI=1S/C13H21N3O2S/c1-11-10-16(8-5-13(11)14)19(17,18)9-6-12-4-2-3-7-15-12/h2-4,7,11,13H,5-6,8-10,14H2,1H3. The molecule has 2 heterocycles. The molecule has 2 rings (SSSR count). The number of hydrogen-bond acceptors (Lipinski definition) is 4. The zero-order chi connectivity index (χ0) is 13.9. The molecule has 1 aromatic rings. The van der Waals surface area contributed by atoms with Crippen molar-refractivity contribution in [2.24, 2.45) is 11.7 Å². The van der Waals surface area contributed by atoms with Crippen molar-refractivity contribution in [3.63, 3.8) is 0 Å². The fourth-order valence-electron chi connectivity index (χ4n) is 2.29. The molecule has 0 bridgehead atoms. The van der Waals surface area contributed by atoms with Crippen molar-refractivity contribution >= 4 is 10.0 Å². The van der Waals surface area contributed by atoms with Gasteiger partial charge in [-0.15, -0.1) is 0 Å². The highest BCUT2D eigenvalue weighted by atomic mass is 32.2. The summed E-state index contributed by atoms with van der Waals surface area (Å²) in [5.74, 6) is 0.338. The largest absolute Gasteiger partial charge is 0.327 e. The Balaban J connectivity index is 1.95. The van der Waals surface area contributed by atoms with E-state index in [1.807, 2.05) is 25.1 Å². The Hall–Kier alpha value is -0.980. The lowest BCUT2D eigenvalue weighted by molar-refractivity contribution is 0.250. The van der Waals surface area contributed by atoms with Crippen LogP contribution in [0, 0.1) is 5.92 Å². The first-order valence-corrected chi connectivity index (χ1v) is 8.23. The smallest absolute Gasteiger partial charge is 0.214 e. The third-order valence-corrected chi connectivity index (χ3v) is 5.51. The first-order valence-electron chi connectivity index (χ1n) is 6.62. The highest BCUT2D eigenvalue weighted by Gasteiger charge is 2.30. The number of nitrogens with two attached hydrogens (primary N) is 1. The second kappa shape index (κ2) is 5.98. The second-order valence-corrected chi connectivity index (χ2v) is 7.26. The van der Waals surface area contributed by atoms with E-state index in [4.69, 9.17) is 5.73 Å². The maximum Gasteiger partial charge on any atom is 0.214 e. The van der Waals surface area contributed by atoms with Crippen LogP contribution in [0.25, 0.3) is 0 Å². The van der Waals surface area contributed by atoms with Gasteiger partial charge in [-0.2, -0.15) is 0 Å². The van der Waals surface area contributed by atoms with E-state index in [1.54, 1.807) is 10.5 Å². The lowest BCUT2D eigenvalue weighted by atomic mass is 9.96. The molecule has 1 fully saturated rings. The molecular weight excluding hydrogens is 262 g/mol. The van der Waals surface area contributed by atoms with Gasteiger partial charge in [0.1, 0.15) is 0 Å². The fraction of sp³-hybridized carbons (Fsp3) is 0.615. The Morgan fingerprint density at radius 2 is 2.26 bits per heavy atom. The molecule has 2 N–H and O–H groups in total. The molecule has 0 radical (unpaired) electrons. The summed E-state index contributed by atoms with van der Waals surface area (Å²) in [6, 6.07) is 5.66. The first-order chi connectivity index (χ1) is 8.99. The molecule has 2 unspecified atom stereocenters. The van der Waals surface area contributed by atoms with Crippen LogP contribution in [-0.2, 0) is 16.4 Å². The summed E-state index contributed by atoms with van der Waals surface area (Å²) < 4.78 is 26.1. The third kappa shape index (κ3) is 3.75.